The number of ether oxygens (including phenoxy) is 1. The molecule has 1 heterocycles. The molecule has 0 radical (unpaired) electrons. The number of nitrogens with two attached hydrogens (primary N) is 1. The van der Waals surface area contributed by atoms with Crippen LogP contribution >= 0.6 is 0 Å². The predicted molar refractivity (Wildman–Crippen MR) is 94.3 cm³/mol. The van der Waals surface area contributed by atoms with Crippen molar-refractivity contribution in [1.82, 2.24) is 10.2 Å². The van der Waals surface area contributed by atoms with Gasteiger partial charge in [-0.3, -0.25) is 9.69 Å². The summed E-state index contributed by atoms with van der Waals surface area (Å²) in [6, 6.07) is 8.57. The predicted octanol–water partition coefficient (Wildman–Crippen LogP) is 1.65. The van der Waals surface area contributed by atoms with Crippen molar-refractivity contribution >= 4 is 5.91 Å². The summed E-state index contributed by atoms with van der Waals surface area (Å²) in [7, 11) is 0. The number of amides is 1. The summed E-state index contributed by atoms with van der Waals surface area (Å²) < 4.78 is 5.41. The Morgan fingerprint density at radius 2 is 1.96 bits per heavy atom. The first-order valence-electron chi connectivity index (χ1n) is 9.12. The Balaban J connectivity index is 1.55. The second-order valence-electron chi connectivity index (χ2n) is 7.00. The molecule has 1 saturated heterocycles. The molecule has 3 rings (SSSR count). The molecule has 1 aromatic carbocycles. The summed E-state index contributed by atoms with van der Waals surface area (Å²) in [4.78, 5) is 14.8. The molecule has 2 aliphatic rings. The molecule has 2 atom stereocenters. The average Bonchev–Trinajstić information content (AvgIpc) is 2.61. The summed E-state index contributed by atoms with van der Waals surface area (Å²) in [6.07, 6.45) is 3.90. The van der Waals surface area contributed by atoms with Crippen molar-refractivity contribution in [1.29, 1.82) is 0 Å². The number of nitrogens with one attached hydrogen (secondary N) is 1. The molecule has 1 aliphatic carbocycles. The van der Waals surface area contributed by atoms with E-state index in [2.05, 4.69) is 28.4 Å². The van der Waals surface area contributed by atoms with Crippen LogP contribution in [0.1, 0.15) is 36.8 Å². The Bertz CT molecular complexity index is 543. The van der Waals surface area contributed by atoms with Crippen molar-refractivity contribution in [2.24, 2.45) is 11.7 Å². The SMILES string of the molecule is N[C@H]1CCC[C@@H](C(=O)NCc2ccccc2CN2CCOCC2)C1. The number of hydrogen-bond acceptors (Lipinski definition) is 4. The highest BCUT2D eigenvalue weighted by Crippen LogP contribution is 2.23. The molecule has 0 bridgehead atoms. The molecule has 5 nitrogen and oxygen atoms in total. The van der Waals surface area contributed by atoms with Crippen LogP contribution in [0.2, 0.25) is 0 Å². The highest BCUT2D eigenvalue weighted by atomic mass is 16.5. The molecule has 1 saturated carbocycles. The lowest BCUT2D eigenvalue weighted by Gasteiger charge is -2.28. The molecule has 5 heteroatoms. The van der Waals surface area contributed by atoms with Gasteiger partial charge in [-0.2, -0.15) is 0 Å². The largest absolute Gasteiger partial charge is 0.379 e. The first-order valence-corrected chi connectivity index (χ1v) is 9.12. The molecule has 24 heavy (non-hydrogen) atoms. The van der Waals surface area contributed by atoms with E-state index in [4.69, 9.17) is 10.5 Å². The van der Waals surface area contributed by atoms with Crippen LogP contribution in [0.3, 0.4) is 0 Å². The van der Waals surface area contributed by atoms with Crippen LogP contribution in [0.5, 0.6) is 0 Å². The van der Waals surface area contributed by atoms with Gasteiger partial charge in [-0.25, -0.2) is 0 Å². The molecule has 132 valence electrons. The zero-order chi connectivity index (χ0) is 16.8. The number of hydrogen-bond donors (Lipinski definition) is 2. The van der Waals surface area contributed by atoms with E-state index in [-0.39, 0.29) is 17.9 Å². The lowest BCUT2D eigenvalue weighted by molar-refractivity contribution is -0.126. The zero-order valence-corrected chi connectivity index (χ0v) is 14.4. The average molecular weight is 331 g/mol. The monoisotopic (exact) mass is 331 g/mol. The van der Waals surface area contributed by atoms with Crippen molar-refractivity contribution in [2.75, 3.05) is 26.3 Å². The minimum atomic E-state index is 0.0835. The van der Waals surface area contributed by atoms with Crippen LogP contribution in [0, 0.1) is 5.92 Å². The summed E-state index contributed by atoms with van der Waals surface area (Å²) in [5.74, 6) is 0.242. The van der Waals surface area contributed by atoms with Gasteiger partial charge >= 0.3 is 0 Å². The first-order chi connectivity index (χ1) is 11.7. The summed E-state index contributed by atoms with van der Waals surface area (Å²) in [5, 5.41) is 3.13. The van der Waals surface area contributed by atoms with Gasteiger partial charge in [0.25, 0.3) is 0 Å². The second-order valence-corrected chi connectivity index (χ2v) is 7.00. The van der Waals surface area contributed by atoms with Gasteiger partial charge in [-0.05, 0) is 30.4 Å². The third kappa shape index (κ3) is 4.79. The summed E-state index contributed by atoms with van der Waals surface area (Å²) in [6.45, 7) is 5.08. The molecule has 1 amide bonds. The third-order valence-electron chi connectivity index (χ3n) is 5.15. The molecule has 1 aromatic rings. The van der Waals surface area contributed by atoms with Gasteiger partial charge in [0.05, 0.1) is 13.2 Å². The fourth-order valence-electron chi connectivity index (χ4n) is 3.68. The van der Waals surface area contributed by atoms with E-state index in [1.807, 2.05) is 6.07 Å². The second kappa shape index (κ2) is 8.60. The third-order valence-corrected chi connectivity index (χ3v) is 5.15. The number of morpholine rings is 1. The Morgan fingerprint density at radius 1 is 1.21 bits per heavy atom. The van der Waals surface area contributed by atoms with Crippen molar-refractivity contribution in [3.8, 4) is 0 Å². The molecule has 3 N–H and O–H groups in total. The number of carbonyl (C=O) groups excluding carboxylic acids is 1. The smallest absolute Gasteiger partial charge is 0.223 e. The molecule has 0 spiro atoms. The fourth-order valence-corrected chi connectivity index (χ4v) is 3.68. The van der Waals surface area contributed by atoms with E-state index in [0.29, 0.717) is 6.54 Å². The van der Waals surface area contributed by atoms with E-state index in [1.54, 1.807) is 0 Å². The van der Waals surface area contributed by atoms with Gasteiger partial charge < -0.3 is 15.8 Å². The normalized spacial score (nSPS) is 25.4. The van der Waals surface area contributed by atoms with Crippen molar-refractivity contribution in [3.63, 3.8) is 0 Å². The highest BCUT2D eigenvalue weighted by molar-refractivity contribution is 5.78. The van der Waals surface area contributed by atoms with Gasteiger partial charge in [0, 0.05) is 38.1 Å². The molecular formula is C19H29N3O2. The maximum absolute atomic E-state index is 12.4. The van der Waals surface area contributed by atoms with Gasteiger partial charge in [0.15, 0.2) is 0 Å². The fraction of sp³-hybridized carbons (Fsp3) is 0.632. The van der Waals surface area contributed by atoms with Crippen LogP contribution in [0.15, 0.2) is 24.3 Å². The Hall–Kier alpha value is -1.43. The van der Waals surface area contributed by atoms with Crippen molar-refractivity contribution in [2.45, 2.75) is 44.8 Å². The minimum absolute atomic E-state index is 0.0835. The van der Waals surface area contributed by atoms with Crippen LogP contribution in [0.4, 0.5) is 0 Å². The van der Waals surface area contributed by atoms with Crippen LogP contribution in [0.25, 0.3) is 0 Å². The maximum atomic E-state index is 12.4. The molecular weight excluding hydrogens is 302 g/mol. The number of rotatable bonds is 5. The Labute approximate surface area is 144 Å². The highest BCUT2D eigenvalue weighted by Gasteiger charge is 2.25. The first kappa shape index (κ1) is 17.4. The van der Waals surface area contributed by atoms with Gasteiger partial charge in [0.1, 0.15) is 0 Å². The van der Waals surface area contributed by atoms with Crippen LogP contribution in [-0.2, 0) is 22.6 Å². The Morgan fingerprint density at radius 3 is 2.71 bits per heavy atom. The van der Waals surface area contributed by atoms with E-state index >= 15 is 0 Å². The minimum Gasteiger partial charge on any atom is -0.379 e. The van der Waals surface area contributed by atoms with Crippen molar-refractivity contribution < 1.29 is 9.53 Å². The Kier molecular flexibility index (Phi) is 6.24. The lowest BCUT2D eigenvalue weighted by atomic mass is 9.85. The lowest BCUT2D eigenvalue weighted by Crippen LogP contribution is -2.38. The van der Waals surface area contributed by atoms with Crippen LogP contribution < -0.4 is 11.1 Å². The number of nitrogens with zero attached hydrogens (tertiary/aromatic N) is 1. The van der Waals surface area contributed by atoms with Gasteiger partial charge in [-0.15, -0.1) is 0 Å². The van der Waals surface area contributed by atoms with Crippen molar-refractivity contribution in [3.05, 3.63) is 35.4 Å². The standard InChI is InChI=1S/C19H29N3O2/c20-18-7-3-6-15(12-18)19(23)21-13-16-4-1-2-5-17(16)14-22-8-10-24-11-9-22/h1-2,4-5,15,18H,3,6-14,20H2,(H,21,23)/t15-,18+/m1/s1. The van der Waals surface area contributed by atoms with E-state index < -0.39 is 0 Å². The van der Waals surface area contributed by atoms with Gasteiger partial charge in [0.2, 0.25) is 5.91 Å². The van der Waals surface area contributed by atoms with E-state index in [9.17, 15) is 4.79 Å². The maximum Gasteiger partial charge on any atom is 0.223 e. The molecule has 0 aromatic heterocycles. The number of benzene rings is 1. The summed E-state index contributed by atoms with van der Waals surface area (Å²) in [5.41, 5.74) is 8.50. The van der Waals surface area contributed by atoms with E-state index in [0.717, 1.165) is 58.5 Å². The van der Waals surface area contributed by atoms with E-state index in [1.165, 1.54) is 11.1 Å². The zero-order valence-electron chi connectivity index (χ0n) is 14.4. The van der Waals surface area contributed by atoms with Gasteiger partial charge in [-0.1, -0.05) is 30.7 Å². The number of carbonyl (C=O) groups is 1. The molecule has 2 fully saturated rings. The molecule has 0 unspecified atom stereocenters. The quantitative estimate of drug-likeness (QED) is 0.861. The summed E-state index contributed by atoms with van der Waals surface area (Å²) >= 11 is 0. The topological polar surface area (TPSA) is 67.6 Å². The molecule has 1 aliphatic heterocycles. The van der Waals surface area contributed by atoms with Crippen LogP contribution in [-0.4, -0.2) is 43.2 Å².